The van der Waals surface area contributed by atoms with Crippen LogP contribution >= 0.6 is 0 Å². The maximum atomic E-state index is 13.1. The van der Waals surface area contributed by atoms with E-state index in [-0.39, 0.29) is 11.5 Å². The van der Waals surface area contributed by atoms with Crippen molar-refractivity contribution in [3.8, 4) is 6.07 Å². The molecule has 1 aromatic rings. The van der Waals surface area contributed by atoms with Crippen molar-refractivity contribution in [2.24, 2.45) is 0 Å². The average Bonchev–Trinajstić information content (AvgIpc) is 2.46. The van der Waals surface area contributed by atoms with Gasteiger partial charge in [0.1, 0.15) is 5.54 Å². The van der Waals surface area contributed by atoms with Gasteiger partial charge in [-0.3, -0.25) is 4.79 Å². The standard InChI is InChI=1S/C14H16FN3O/c1-18(14(10-16)6-3-2-4-7-14)13(19)11-5-8-17-12(15)9-11/h5,8-9H,2-4,6-7H2,1H3. The summed E-state index contributed by atoms with van der Waals surface area (Å²) in [7, 11) is 1.62. The molecule has 1 amide bonds. The Morgan fingerprint density at radius 3 is 2.74 bits per heavy atom. The van der Waals surface area contributed by atoms with Crippen molar-refractivity contribution in [2.45, 2.75) is 37.6 Å². The van der Waals surface area contributed by atoms with E-state index in [1.54, 1.807) is 7.05 Å². The number of pyridine rings is 1. The molecule has 0 aromatic carbocycles. The molecule has 0 bridgehead atoms. The van der Waals surface area contributed by atoms with Gasteiger partial charge in [0.15, 0.2) is 0 Å². The summed E-state index contributed by atoms with van der Waals surface area (Å²) in [4.78, 5) is 17.2. The Morgan fingerprint density at radius 2 is 2.16 bits per heavy atom. The van der Waals surface area contributed by atoms with Gasteiger partial charge >= 0.3 is 0 Å². The first-order valence-electron chi connectivity index (χ1n) is 6.40. The lowest BCUT2D eigenvalue weighted by molar-refractivity contribution is 0.0588. The average molecular weight is 261 g/mol. The van der Waals surface area contributed by atoms with Crippen LogP contribution in [0.15, 0.2) is 18.3 Å². The summed E-state index contributed by atoms with van der Waals surface area (Å²) in [5, 5.41) is 9.43. The first kappa shape index (κ1) is 13.5. The summed E-state index contributed by atoms with van der Waals surface area (Å²) in [6.07, 6.45) is 5.59. The van der Waals surface area contributed by atoms with Crippen LogP contribution in [-0.4, -0.2) is 28.4 Å². The van der Waals surface area contributed by atoms with Crippen LogP contribution in [0, 0.1) is 17.3 Å². The van der Waals surface area contributed by atoms with Gasteiger partial charge in [0.05, 0.1) is 6.07 Å². The Balaban J connectivity index is 2.25. The fourth-order valence-corrected chi connectivity index (χ4v) is 2.58. The van der Waals surface area contributed by atoms with E-state index in [0.717, 1.165) is 25.3 Å². The number of hydrogen-bond donors (Lipinski definition) is 0. The van der Waals surface area contributed by atoms with E-state index in [1.165, 1.54) is 17.2 Å². The van der Waals surface area contributed by atoms with Gasteiger partial charge in [-0.05, 0) is 18.9 Å². The summed E-state index contributed by atoms with van der Waals surface area (Å²) in [5.74, 6) is -1.02. The van der Waals surface area contributed by atoms with E-state index in [2.05, 4.69) is 11.1 Å². The fraction of sp³-hybridized carbons (Fsp3) is 0.500. The van der Waals surface area contributed by atoms with Crippen LogP contribution in [0.3, 0.4) is 0 Å². The minimum Gasteiger partial charge on any atom is -0.323 e. The molecule has 0 radical (unpaired) electrons. The fourth-order valence-electron chi connectivity index (χ4n) is 2.58. The summed E-state index contributed by atoms with van der Waals surface area (Å²) >= 11 is 0. The van der Waals surface area contributed by atoms with Crippen molar-refractivity contribution in [1.82, 2.24) is 9.88 Å². The Bertz CT molecular complexity index is 518. The van der Waals surface area contributed by atoms with Gasteiger partial charge in [-0.1, -0.05) is 19.3 Å². The topological polar surface area (TPSA) is 57.0 Å². The molecule has 1 saturated carbocycles. The van der Waals surface area contributed by atoms with E-state index in [1.807, 2.05) is 0 Å². The third-order valence-corrected chi connectivity index (χ3v) is 3.81. The molecule has 0 N–H and O–H groups in total. The molecule has 1 fully saturated rings. The molecule has 1 heterocycles. The lowest BCUT2D eigenvalue weighted by atomic mass is 9.81. The van der Waals surface area contributed by atoms with E-state index in [0.29, 0.717) is 12.8 Å². The van der Waals surface area contributed by atoms with Gasteiger partial charge in [-0.15, -0.1) is 0 Å². The van der Waals surface area contributed by atoms with Crippen LogP contribution in [-0.2, 0) is 0 Å². The first-order chi connectivity index (χ1) is 9.09. The highest BCUT2D eigenvalue weighted by atomic mass is 19.1. The van der Waals surface area contributed by atoms with Crippen molar-refractivity contribution in [2.75, 3.05) is 7.05 Å². The highest BCUT2D eigenvalue weighted by Gasteiger charge is 2.39. The van der Waals surface area contributed by atoms with Crippen LogP contribution in [0.25, 0.3) is 0 Å². The Morgan fingerprint density at radius 1 is 1.47 bits per heavy atom. The van der Waals surface area contributed by atoms with E-state index in [9.17, 15) is 14.4 Å². The van der Waals surface area contributed by atoms with Gasteiger partial charge in [0.2, 0.25) is 5.95 Å². The molecule has 2 rings (SSSR count). The molecule has 0 spiro atoms. The number of nitriles is 1. The largest absolute Gasteiger partial charge is 0.323 e. The summed E-state index contributed by atoms with van der Waals surface area (Å²) in [5.41, 5.74) is -0.523. The van der Waals surface area contributed by atoms with Crippen molar-refractivity contribution < 1.29 is 9.18 Å². The molecular formula is C14H16FN3O. The third kappa shape index (κ3) is 2.58. The highest BCUT2D eigenvalue weighted by Crippen LogP contribution is 2.33. The van der Waals surface area contributed by atoms with Crippen LogP contribution in [0.4, 0.5) is 4.39 Å². The second-order valence-corrected chi connectivity index (χ2v) is 4.94. The SMILES string of the molecule is CN(C(=O)c1ccnc(F)c1)C1(C#N)CCCCC1. The zero-order valence-corrected chi connectivity index (χ0v) is 10.9. The van der Waals surface area contributed by atoms with Gasteiger partial charge < -0.3 is 4.90 Å². The molecule has 19 heavy (non-hydrogen) atoms. The van der Waals surface area contributed by atoms with Crippen LogP contribution < -0.4 is 0 Å². The Hall–Kier alpha value is -1.96. The van der Waals surface area contributed by atoms with Crippen molar-refractivity contribution in [3.63, 3.8) is 0 Å². The van der Waals surface area contributed by atoms with Crippen LogP contribution in [0.2, 0.25) is 0 Å². The second-order valence-electron chi connectivity index (χ2n) is 4.94. The Labute approximate surface area is 111 Å². The van der Waals surface area contributed by atoms with E-state index < -0.39 is 11.5 Å². The molecule has 0 atom stereocenters. The smallest absolute Gasteiger partial charge is 0.255 e. The van der Waals surface area contributed by atoms with E-state index in [4.69, 9.17) is 0 Å². The third-order valence-electron chi connectivity index (χ3n) is 3.81. The van der Waals surface area contributed by atoms with Gasteiger partial charge in [0, 0.05) is 24.9 Å². The van der Waals surface area contributed by atoms with E-state index >= 15 is 0 Å². The normalized spacial score (nSPS) is 17.5. The lowest BCUT2D eigenvalue weighted by Gasteiger charge is -2.39. The van der Waals surface area contributed by atoms with Crippen LogP contribution in [0.5, 0.6) is 0 Å². The number of halogens is 1. The number of nitrogens with zero attached hydrogens (tertiary/aromatic N) is 3. The maximum absolute atomic E-state index is 13.1. The summed E-state index contributed by atoms with van der Waals surface area (Å²) < 4.78 is 13.1. The van der Waals surface area contributed by atoms with Gasteiger partial charge in [-0.25, -0.2) is 4.98 Å². The summed E-state index contributed by atoms with van der Waals surface area (Å²) in [6.45, 7) is 0. The van der Waals surface area contributed by atoms with Gasteiger partial charge in [-0.2, -0.15) is 9.65 Å². The zero-order valence-electron chi connectivity index (χ0n) is 10.9. The predicted octanol–water partition coefficient (Wildman–Crippen LogP) is 2.52. The molecule has 0 unspecified atom stereocenters. The molecule has 100 valence electrons. The molecule has 1 aromatic heterocycles. The first-order valence-corrected chi connectivity index (χ1v) is 6.40. The number of hydrogen-bond acceptors (Lipinski definition) is 3. The molecule has 5 heteroatoms. The van der Waals surface area contributed by atoms with Crippen molar-refractivity contribution in [3.05, 3.63) is 29.8 Å². The number of carbonyl (C=O) groups is 1. The lowest BCUT2D eigenvalue weighted by Crippen LogP contribution is -2.49. The quantitative estimate of drug-likeness (QED) is 0.769. The van der Waals surface area contributed by atoms with Crippen molar-refractivity contribution in [1.29, 1.82) is 5.26 Å². The highest BCUT2D eigenvalue weighted by molar-refractivity contribution is 5.94. The predicted molar refractivity (Wildman–Crippen MR) is 67.7 cm³/mol. The molecular weight excluding hydrogens is 245 g/mol. The maximum Gasteiger partial charge on any atom is 0.255 e. The Kier molecular flexibility index (Phi) is 3.79. The number of carbonyl (C=O) groups excluding carboxylic acids is 1. The molecule has 1 aliphatic carbocycles. The van der Waals surface area contributed by atoms with Crippen molar-refractivity contribution >= 4 is 5.91 Å². The molecule has 0 aliphatic heterocycles. The molecule has 0 saturated heterocycles. The number of aromatic nitrogens is 1. The minimum absolute atomic E-state index is 0.232. The molecule has 1 aliphatic rings. The molecule has 4 nitrogen and oxygen atoms in total. The number of amides is 1. The summed E-state index contributed by atoms with van der Waals surface area (Å²) in [6, 6.07) is 4.85. The van der Waals surface area contributed by atoms with Crippen LogP contribution in [0.1, 0.15) is 42.5 Å². The second kappa shape index (κ2) is 5.35. The minimum atomic E-state index is -0.755. The monoisotopic (exact) mass is 261 g/mol. The van der Waals surface area contributed by atoms with Gasteiger partial charge in [0.25, 0.3) is 5.91 Å². The zero-order chi connectivity index (χ0) is 13.9. The number of rotatable bonds is 2.